The van der Waals surface area contributed by atoms with Crippen LogP contribution in [0.1, 0.15) is 23.9 Å². The fourth-order valence-electron chi connectivity index (χ4n) is 2.70. The van der Waals surface area contributed by atoms with Crippen LogP contribution in [-0.4, -0.2) is 49.1 Å². The molecule has 27 heavy (non-hydrogen) atoms. The lowest BCUT2D eigenvalue weighted by atomic mass is 10.1. The molecule has 1 aromatic heterocycles. The highest BCUT2D eigenvalue weighted by Gasteiger charge is 2.23. The molecular weight excluding hydrogens is 368 g/mol. The van der Waals surface area contributed by atoms with Gasteiger partial charge in [0.25, 0.3) is 0 Å². The van der Waals surface area contributed by atoms with E-state index in [4.69, 9.17) is 4.74 Å². The van der Waals surface area contributed by atoms with Gasteiger partial charge in [-0.3, -0.25) is 9.48 Å². The summed E-state index contributed by atoms with van der Waals surface area (Å²) in [7, 11) is 1.01. The first-order valence-electron chi connectivity index (χ1n) is 8.56. The van der Waals surface area contributed by atoms with Crippen LogP contribution >= 0.6 is 0 Å². The summed E-state index contributed by atoms with van der Waals surface area (Å²) in [6, 6.07) is 4.60. The van der Waals surface area contributed by atoms with E-state index in [1.54, 1.807) is 23.7 Å². The molecule has 1 N–H and O–H groups in total. The van der Waals surface area contributed by atoms with Crippen LogP contribution in [0.3, 0.4) is 0 Å². The fraction of sp³-hybridized carbons (Fsp3) is 0.444. The number of aromatic nitrogens is 2. The van der Waals surface area contributed by atoms with E-state index < -0.39 is 10.0 Å². The normalized spacial score (nSPS) is 11.7. The summed E-state index contributed by atoms with van der Waals surface area (Å²) in [5.74, 6) is 0.00899. The van der Waals surface area contributed by atoms with Crippen molar-refractivity contribution in [1.29, 1.82) is 0 Å². The summed E-state index contributed by atoms with van der Waals surface area (Å²) in [4.78, 5) is 12.5. The molecule has 148 valence electrons. The van der Waals surface area contributed by atoms with Crippen molar-refractivity contribution in [2.45, 2.75) is 32.1 Å². The second kappa shape index (κ2) is 8.10. The van der Waals surface area contributed by atoms with Crippen LogP contribution in [0.5, 0.6) is 5.75 Å². The molecule has 0 spiro atoms. The predicted molar refractivity (Wildman–Crippen MR) is 103 cm³/mol. The molecule has 9 heteroatoms. The minimum absolute atomic E-state index is 0.0147. The van der Waals surface area contributed by atoms with E-state index in [-0.39, 0.29) is 23.0 Å². The Morgan fingerprint density at radius 1 is 1.30 bits per heavy atom. The largest absolute Gasteiger partial charge is 0.492 e. The summed E-state index contributed by atoms with van der Waals surface area (Å²) < 4.78 is 33.4. The molecule has 0 saturated carbocycles. The Bertz CT molecular complexity index is 949. The highest BCUT2D eigenvalue weighted by Crippen LogP contribution is 2.29. The van der Waals surface area contributed by atoms with Crippen LogP contribution in [0.15, 0.2) is 23.1 Å². The van der Waals surface area contributed by atoms with Gasteiger partial charge >= 0.3 is 0 Å². The molecule has 1 amide bonds. The van der Waals surface area contributed by atoms with Gasteiger partial charge in [-0.2, -0.15) is 5.10 Å². The fourth-order valence-corrected chi connectivity index (χ4v) is 3.75. The van der Waals surface area contributed by atoms with Gasteiger partial charge in [0, 0.05) is 38.1 Å². The van der Waals surface area contributed by atoms with E-state index in [0.29, 0.717) is 12.3 Å². The minimum atomic E-state index is -3.71. The standard InChI is InChI=1S/C18H26N4O4S/c1-7-26-16-9-8-14(10-17(16)27(24,25)21(4)5)19-18(23)11-15-12(2)20-22(6)13(15)3/h8-10H,7,11H2,1-6H3,(H,19,23). The zero-order chi connectivity index (χ0) is 20.4. The predicted octanol–water partition coefficient (Wildman–Crippen LogP) is 1.87. The number of carbonyl (C=O) groups excluding carboxylic acids is 1. The molecule has 2 rings (SSSR count). The second-order valence-corrected chi connectivity index (χ2v) is 8.50. The number of carbonyl (C=O) groups is 1. The number of hydrogen-bond donors (Lipinski definition) is 1. The highest BCUT2D eigenvalue weighted by atomic mass is 32.2. The molecule has 1 heterocycles. The maximum atomic E-state index is 12.6. The molecule has 8 nitrogen and oxygen atoms in total. The van der Waals surface area contributed by atoms with E-state index >= 15 is 0 Å². The Morgan fingerprint density at radius 2 is 1.96 bits per heavy atom. The molecule has 0 bridgehead atoms. The van der Waals surface area contributed by atoms with Gasteiger partial charge in [-0.05, 0) is 39.0 Å². The first kappa shape index (κ1) is 20.9. The molecule has 2 aromatic rings. The molecule has 0 unspecified atom stereocenters. The minimum Gasteiger partial charge on any atom is -0.492 e. The maximum absolute atomic E-state index is 12.6. The Balaban J connectivity index is 2.30. The first-order valence-corrected chi connectivity index (χ1v) is 10.00. The van der Waals surface area contributed by atoms with Crippen LogP contribution in [0.2, 0.25) is 0 Å². The van der Waals surface area contributed by atoms with E-state index in [9.17, 15) is 13.2 Å². The lowest BCUT2D eigenvalue weighted by Gasteiger charge is -2.16. The van der Waals surface area contributed by atoms with E-state index in [1.165, 1.54) is 20.2 Å². The van der Waals surface area contributed by atoms with Crippen molar-refractivity contribution in [1.82, 2.24) is 14.1 Å². The summed E-state index contributed by atoms with van der Waals surface area (Å²) >= 11 is 0. The van der Waals surface area contributed by atoms with Crippen molar-refractivity contribution in [2.24, 2.45) is 7.05 Å². The quantitative estimate of drug-likeness (QED) is 0.774. The molecule has 0 aliphatic heterocycles. The van der Waals surface area contributed by atoms with Crippen LogP contribution in [0, 0.1) is 13.8 Å². The third kappa shape index (κ3) is 4.48. The number of ether oxygens (including phenoxy) is 1. The Labute approximate surface area is 160 Å². The average molecular weight is 394 g/mol. The zero-order valence-electron chi connectivity index (χ0n) is 16.5. The smallest absolute Gasteiger partial charge is 0.246 e. The van der Waals surface area contributed by atoms with Crippen LogP contribution < -0.4 is 10.1 Å². The molecule has 0 fully saturated rings. The molecule has 0 aliphatic carbocycles. The topological polar surface area (TPSA) is 93.5 Å². The number of nitrogens with one attached hydrogen (secondary N) is 1. The maximum Gasteiger partial charge on any atom is 0.246 e. The number of benzene rings is 1. The van der Waals surface area contributed by atoms with Gasteiger partial charge in [0.05, 0.1) is 18.7 Å². The average Bonchev–Trinajstić information content (AvgIpc) is 2.82. The van der Waals surface area contributed by atoms with Gasteiger partial charge in [0.15, 0.2) is 0 Å². The van der Waals surface area contributed by atoms with Gasteiger partial charge < -0.3 is 10.1 Å². The monoisotopic (exact) mass is 394 g/mol. The summed E-state index contributed by atoms with van der Waals surface area (Å²) in [6.07, 6.45) is 0.161. The number of rotatable bonds is 7. The lowest BCUT2D eigenvalue weighted by molar-refractivity contribution is -0.115. The number of amides is 1. The highest BCUT2D eigenvalue weighted by molar-refractivity contribution is 7.89. The van der Waals surface area contributed by atoms with Gasteiger partial charge in [-0.15, -0.1) is 0 Å². The van der Waals surface area contributed by atoms with E-state index in [1.807, 2.05) is 20.9 Å². The lowest BCUT2D eigenvalue weighted by Crippen LogP contribution is -2.23. The third-order valence-corrected chi connectivity index (χ3v) is 6.12. The van der Waals surface area contributed by atoms with Gasteiger partial charge in [0.1, 0.15) is 10.6 Å². The van der Waals surface area contributed by atoms with Gasteiger partial charge in [0.2, 0.25) is 15.9 Å². The van der Waals surface area contributed by atoms with Crippen LogP contribution in [0.25, 0.3) is 0 Å². The van der Waals surface area contributed by atoms with E-state index in [2.05, 4.69) is 10.4 Å². The Kier molecular flexibility index (Phi) is 6.27. The van der Waals surface area contributed by atoms with Crippen molar-refractivity contribution < 1.29 is 17.9 Å². The van der Waals surface area contributed by atoms with Crippen molar-refractivity contribution in [2.75, 3.05) is 26.0 Å². The molecule has 0 atom stereocenters. The molecule has 1 aromatic carbocycles. The van der Waals surface area contributed by atoms with Gasteiger partial charge in [-0.25, -0.2) is 12.7 Å². The number of aryl methyl sites for hydroxylation is 2. The van der Waals surface area contributed by atoms with Crippen molar-refractivity contribution in [3.8, 4) is 5.75 Å². The Hall–Kier alpha value is -2.39. The van der Waals surface area contributed by atoms with Crippen LogP contribution in [-0.2, 0) is 28.3 Å². The number of sulfonamides is 1. The zero-order valence-corrected chi connectivity index (χ0v) is 17.3. The molecule has 0 aliphatic rings. The van der Waals surface area contributed by atoms with Crippen molar-refractivity contribution in [3.63, 3.8) is 0 Å². The van der Waals surface area contributed by atoms with Crippen molar-refractivity contribution >= 4 is 21.6 Å². The van der Waals surface area contributed by atoms with Crippen molar-refractivity contribution in [3.05, 3.63) is 35.2 Å². The first-order chi connectivity index (χ1) is 12.6. The van der Waals surface area contributed by atoms with Crippen LogP contribution in [0.4, 0.5) is 5.69 Å². The number of hydrogen-bond acceptors (Lipinski definition) is 5. The van der Waals surface area contributed by atoms with E-state index in [0.717, 1.165) is 21.3 Å². The SMILES string of the molecule is CCOc1ccc(NC(=O)Cc2c(C)nn(C)c2C)cc1S(=O)(=O)N(C)C. The summed E-state index contributed by atoms with van der Waals surface area (Å²) in [5.41, 5.74) is 2.98. The molecule has 0 radical (unpaired) electrons. The molecular formula is C18H26N4O4S. The molecule has 0 saturated heterocycles. The van der Waals surface area contributed by atoms with Gasteiger partial charge in [-0.1, -0.05) is 0 Å². The third-order valence-electron chi connectivity index (χ3n) is 4.28. The number of anilines is 1. The number of nitrogens with zero attached hydrogens (tertiary/aromatic N) is 3. The summed E-state index contributed by atoms with van der Waals surface area (Å²) in [5, 5.41) is 7.06. The second-order valence-electron chi connectivity index (χ2n) is 6.38. The Morgan fingerprint density at radius 3 is 2.48 bits per heavy atom. The summed E-state index contributed by atoms with van der Waals surface area (Å²) in [6.45, 7) is 5.87.